The summed E-state index contributed by atoms with van der Waals surface area (Å²) in [4.78, 5) is 11.9. The molecular weight excluding hydrogens is 369 g/mol. The van der Waals surface area contributed by atoms with Gasteiger partial charge < -0.3 is 10.1 Å². The number of hydrogen-bond acceptors (Lipinski definition) is 2. The lowest BCUT2D eigenvalue weighted by Gasteiger charge is -2.17. The first-order chi connectivity index (χ1) is 8.58. The number of methoxy groups -OCH3 is 1. The third-order valence-electron chi connectivity index (χ3n) is 2.34. The van der Waals surface area contributed by atoms with Gasteiger partial charge in [0.25, 0.3) is 5.91 Å². The van der Waals surface area contributed by atoms with Crippen molar-refractivity contribution in [2.75, 3.05) is 19.0 Å². The van der Waals surface area contributed by atoms with Crippen LogP contribution < -0.4 is 5.32 Å². The third kappa shape index (κ3) is 4.66. The van der Waals surface area contributed by atoms with E-state index in [0.717, 1.165) is 11.8 Å². The molecule has 1 amide bonds. The van der Waals surface area contributed by atoms with Gasteiger partial charge in [0.15, 0.2) is 0 Å². The van der Waals surface area contributed by atoms with E-state index in [2.05, 4.69) is 37.2 Å². The van der Waals surface area contributed by atoms with Gasteiger partial charge in [-0.1, -0.05) is 31.9 Å². The molecule has 1 aromatic rings. The van der Waals surface area contributed by atoms with E-state index in [9.17, 15) is 9.18 Å². The second-order valence-electron chi connectivity index (χ2n) is 3.73. The highest BCUT2D eigenvalue weighted by atomic mass is 79.9. The second-order valence-corrected chi connectivity index (χ2v) is 5.44. The van der Waals surface area contributed by atoms with Gasteiger partial charge in [-0.05, 0) is 24.6 Å². The van der Waals surface area contributed by atoms with Gasteiger partial charge in [0.1, 0.15) is 5.82 Å². The molecule has 0 radical (unpaired) electrons. The molecule has 0 fully saturated rings. The predicted molar refractivity (Wildman–Crippen MR) is 75.6 cm³/mol. The molecule has 1 N–H and O–H groups in total. The molecule has 100 valence electrons. The molecule has 0 heterocycles. The van der Waals surface area contributed by atoms with Gasteiger partial charge in [0.2, 0.25) is 0 Å². The van der Waals surface area contributed by atoms with Crippen LogP contribution in [0.25, 0.3) is 0 Å². The van der Waals surface area contributed by atoms with Crippen molar-refractivity contribution in [2.24, 2.45) is 0 Å². The van der Waals surface area contributed by atoms with Gasteiger partial charge in [0.05, 0.1) is 18.2 Å². The van der Waals surface area contributed by atoms with Crippen LogP contribution in [0.1, 0.15) is 16.8 Å². The fourth-order valence-corrected chi connectivity index (χ4v) is 2.35. The number of rotatable bonds is 6. The van der Waals surface area contributed by atoms with E-state index in [4.69, 9.17) is 4.74 Å². The maximum Gasteiger partial charge on any atom is 0.254 e. The summed E-state index contributed by atoms with van der Waals surface area (Å²) in [5.74, 6) is -0.972. The predicted octanol–water partition coefficient (Wildman–Crippen LogP) is 3.12. The smallest absolute Gasteiger partial charge is 0.254 e. The first kappa shape index (κ1) is 15.6. The normalized spacial score (nSPS) is 12.2. The van der Waals surface area contributed by atoms with Crippen LogP contribution in [-0.4, -0.2) is 31.0 Å². The first-order valence-corrected chi connectivity index (χ1v) is 7.30. The highest BCUT2D eigenvalue weighted by molar-refractivity contribution is 9.10. The van der Waals surface area contributed by atoms with Gasteiger partial charge >= 0.3 is 0 Å². The number of alkyl halides is 1. The van der Waals surface area contributed by atoms with E-state index in [1.54, 1.807) is 13.2 Å². The minimum Gasteiger partial charge on any atom is -0.383 e. The topological polar surface area (TPSA) is 38.3 Å². The molecule has 0 aromatic heterocycles. The summed E-state index contributed by atoms with van der Waals surface area (Å²) in [6.07, 6.45) is 0.720. The second kappa shape index (κ2) is 7.86. The molecule has 1 aromatic carbocycles. The van der Waals surface area contributed by atoms with Gasteiger partial charge in [-0.25, -0.2) is 4.39 Å². The molecule has 3 nitrogen and oxygen atoms in total. The van der Waals surface area contributed by atoms with Crippen LogP contribution in [-0.2, 0) is 4.74 Å². The van der Waals surface area contributed by atoms with Crippen molar-refractivity contribution in [3.8, 4) is 0 Å². The van der Waals surface area contributed by atoms with Gasteiger partial charge in [0, 0.05) is 16.9 Å². The highest BCUT2D eigenvalue weighted by Crippen LogP contribution is 2.15. The molecule has 0 aliphatic rings. The summed E-state index contributed by atoms with van der Waals surface area (Å²) in [5.41, 5.74) is 0.0360. The summed E-state index contributed by atoms with van der Waals surface area (Å²) in [6, 6.07) is 4.22. The standard InChI is InChI=1S/C12H14Br2FNO2/c1-18-7-9(4-5-13)16-12(17)10-3-2-8(14)6-11(10)15/h2-3,6,9H,4-5,7H2,1H3,(H,16,17). The molecule has 0 aliphatic carbocycles. The number of carbonyl (C=O) groups excluding carboxylic acids is 1. The average Bonchev–Trinajstić information content (AvgIpc) is 2.29. The third-order valence-corrected chi connectivity index (χ3v) is 3.29. The zero-order chi connectivity index (χ0) is 13.5. The largest absolute Gasteiger partial charge is 0.383 e. The van der Waals surface area contributed by atoms with Crippen LogP contribution in [0.5, 0.6) is 0 Å². The minimum absolute atomic E-state index is 0.0360. The Balaban J connectivity index is 2.73. The van der Waals surface area contributed by atoms with E-state index < -0.39 is 11.7 Å². The lowest BCUT2D eigenvalue weighted by atomic mass is 10.1. The van der Waals surface area contributed by atoms with Crippen LogP contribution in [0.4, 0.5) is 4.39 Å². The van der Waals surface area contributed by atoms with Crippen LogP contribution in [0.3, 0.4) is 0 Å². The number of amides is 1. The summed E-state index contributed by atoms with van der Waals surface area (Å²) < 4.78 is 19.2. The van der Waals surface area contributed by atoms with E-state index >= 15 is 0 Å². The molecule has 18 heavy (non-hydrogen) atoms. The van der Waals surface area contributed by atoms with Crippen molar-refractivity contribution < 1.29 is 13.9 Å². The Kier molecular flexibility index (Phi) is 6.81. The molecule has 1 rings (SSSR count). The number of benzene rings is 1. The number of ether oxygens (including phenoxy) is 1. The van der Waals surface area contributed by atoms with Crippen molar-refractivity contribution in [3.63, 3.8) is 0 Å². The zero-order valence-corrected chi connectivity index (χ0v) is 13.1. The van der Waals surface area contributed by atoms with Crippen LogP contribution in [0.2, 0.25) is 0 Å². The van der Waals surface area contributed by atoms with Crippen LogP contribution in [0, 0.1) is 5.82 Å². The molecule has 0 aliphatic heterocycles. The molecule has 6 heteroatoms. The van der Waals surface area contributed by atoms with Gasteiger partial charge in [-0.2, -0.15) is 0 Å². The summed E-state index contributed by atoms with van der Waals surface area (Å²) in [7, 11) is 1.56. The van der Waals surface area contributed by atoms with Crippen molar-refractivity contribution >= 4 is 37.8 Å². The van der Waals surface area contributed by atoms with E-state index in [1.807, 2.05) is 0 Å². The number of carbonyl (C=O) groups is 1. The Morgan fingerprint density at radius 3 is 2.83 bits per heavy atom. The Morgan fingerprint density at radius 1 is 1.56 bits per heavy atom. The minimum atomic E-state index is -0.545. The lowest BCUT2D eigenvalue weighted by Crippen LogP contribution is -2.38. The molecular formula is C12H14Br2FNO2. The maximum atomic E-state index is 13.6. The number of hydrogen-bond donors (Lipinski definition) is 1. The Morgan fingerprint density at radius 2 is 2.28 bits per heavy atom. The molecule has 1 unspecified atom stereocenters. The Bertz CT molecular complexity index is 409. The van der Waals surface area contributed by atoms with E-state index in [1.165, 1.54) is 12.1 Å². The van der Waals surface area contributed by atoms with Crippen molar-refractivity contribution in [3.05, 3.63) is 34.1 Å². The van der Waals surface area contributed by atoms with E-state index in [-0.39, 0.29) is 11.6 Å². The van der Waals surface area contributed by atoms with Crippen molar-refractivity contribution in [2.45, 2.75) is 12.5 Å². The van der Waals surface area contributed by atoms with Crippen LogP contribution in [0.15, 0.2) is 22.7 Å². The fraction of sp³-hybridized carbons (Fsp3) is 0.417. The quantitative estimate of drug-likeness (QED) is 0.767. The SMILES string of the molecule is COCC(CCBr)NC(=O)c1ccc(Br)cc1F. The van der Waals surface area contributed by atoms with Crippen LogP contribution >= 0.6 is 31.9 Å². The highest BCUT2D eigenvalue weighted by Gasteiger charge is 2.16. The Hall–Kier alpha value is -0.460. The molecule has 0 bridgehead atoms. The van der Waals surface area contributed by atoms with Gasteiger partial charge in [-0.15, -0.1) is 0 Å². The molecule has 1 atom stereocenters. The van der Waals surface area contributed by atoms with Crippen molar-refractivity contribution in [1.29, 1.82) is 0 Å². The lowest BCUT2D eigenvalue weighted by molar-refractivity contribution is 0.0891. The zero-order valence-electron chi connectivity index (χ0n) is 9.88. The van der Waals surface area contributed by atoms with Gasteiger partial charge in [-0.3, -0.25) is 4.79 Å². The summed E-state index contributed by atoms with van der Waals surface area (Å²) in [6.45, 7) is 0.398. The molecule has 0 spiro atoms. The first-order valence-electron chi connectivity index (χ1n) is 5.39. The van der Waals surface area contributed by atoms with E-state index in [0.29, 0.717) is 11.1 Å². The maximum absolute atomic E-state index is 13.6. The van der Waals surface area contributed by atoms with Crippen molar-refractivity contribution in [1.82, 2.24) is 5.32 Å². The molecule has 0 saturated carbocycles. The number of halogens is 3. The summed E-state index contributed by atoms with van der Waals surface area (Å²) in [5, 5.41) is 3.49. The average molecular weight is 383 g/mol. The summed E-state index contributed by atoms with van der Waals surface area (Å²) >= 11 is 6.45. The number of nitrogens with one attached hydrogen (secondary N) is 1. The molecule has 0 saturated heterocycles. The monoisotopic (exact) mass is 381 g/mol. The fourth-order valence-electron chi connectivity index (χ4n) is 1.47. The Labute approximate surface area is 122 Å².